The number of hydrazone groups is 1. The summed E-state index contributed by atoms with van der Waals surface area (Å²) in [7, 11) is 0. The fourth-order valence-electron chi connectivity index (χ4n) is 3.71. The van der Waals surface area contributed by atoms with Gasteiger partial charge in [-0.2, -0.15) is 10.2 Å². The second kappa shape index (κ2) is 9.89. The van der Waals surface area contributed by atoms with Gasteiger partial charge in [-0.3, -0.25) is 4.79 Å². The largest absolute Gasteiger partial charge is 0.399 e. The van der Waals surface area contributed by atoms with Crippen molar-refractivity contribution < 1.29 is 4.79 Å². The summed E-state index contributed by atoms with van der Waals surface area (Å²) in [4.78, 5) is 12.2. The first-order chi connectivity index (χ1) is 17.2. The minimum absolute atomic E-state index is 0.296. The zero-order valence-corrected chi connectivity index (χ0v) is 18.9. The van der Waals surface area contributed by atoms with Crippen molar-refractivity contribution in [1.29, 1.82) is 0 Å². The fourth-order valence-corrected chi connectivity index (χ4v) is 3.71. The quantitative estimate of drug-likeness (QED) is 0.199. The van der Waals surface area contributed by atoms with Gasteiger partial charge in [-0.25, -0.2) is 10.1 Å². The topological polar surface area (TPSA) is 85.3 Å². The third-order valence-corrected chi connectivity index (χ3v) is 5.54. The number of nitrogens with one attached hydrogen (secondary N) is 1. The number of aromatic nitrogens is 2. The summed E-state index contributed by atoms with van der Waals surface area (Å²) >= 11 is 0. The number of nitrogens with zero attached hydrogens (tertiary/aromatic N) is 3. The number of benzene rings is 4. The summed E-state index contributed by atoms with van der Waals surface area (Å²) in [5.41, 5.74) is 15.1. The van der Waals surface area contributed by atoms with Crippen LogP contribution in [-0.4, -0.2) is 21.9 Å². The molecule has 6 heteroatoms. The predicted molar refractivity (Wildman–Crippen MR) is 140 cm³/mol. The van der Waals surface area contributed by atoms with Crippen molar-refractivity contribution in [3.63, 3.8) is 0 Å². The highest BCUT2D eigenvalue weighted by Crippen LogP contribution is 2.28. The highest BCUT2D eigenvalue weighted by atomic mass is 16.2. The molecule has 4 aromatic carbocycles. The maximum atomic E-state index is 12.2. The van der Waals surface area contributed by atoms with Gasteiger partial charge in [0.25, 0.3) is 5.91 Å². The molecule has 0 saturated carbocycles. The second-order valence-electron chi connectivity index (χ2n) is 7.97. The van der Waals surface area contributed by atoms with Crippen molar-refractivity contribution in [2.45, 2.75) is 0 Å². The van der Waals surface area contributed by atoms with Crippen LogP contribution in [0.5, 0.6) is 0 Å². The predicted octanol–water partition coefficient (Wildman–Crippen LogP) is 5.55. The van der Waals surface area contributed by atoms with E-state index < -0.39 is 0 Å². The van der Waals surface area contributed by atoms with Crippen LogP contribution in [0.25, 0.3) is 28.2 Å². The maximum Gasteiger partial charge on any atom is 0.271 e. The summed E-state index contributed by atoms with van der Waals surface area (Å²) in [6.45, 7) is 0. The zero-order valence-electron chi connectivity index (χ0n) is 18.9. The number of hydrogen-bond donors (Lipinski definition) is 2. The number of nitrogen functional groups attached to an aromatic ring is 1. The summed E-state index contributed by atoms with van der Waals surface area (Å²) in [6.07, 6.45) is 1.61. The lowest BCUT2D eigenvalue weighted by Crippen LogP contribution is -2.17. The molecule has 1 amide bonds. The van der Waals surface area contributed by atoms with Crippen molar-refractivity contribution in [1.82, 2.24) is 15.2 Å². The van der Waals surface area contributed by atoms with Crippen LogP contribution in [0.4, 0.5) is 5.69 Å². The molecule has 1 heterocycles. The molecule has 0 spiro atoms. The molecule has 1 aromatic heterocycles. The van der Waals surface area contributed by atoms with Crippen molar-refractivity contribution in [3.8, 4) is 28.2 Å². The van der Waals surface area contributed by atoms with Crippen LogP contribution in [0, 0.1) is 0 Å². The van der Waals surface area contributed by atoms with Crippen LogP contribution in [0.2, 0.25) is 0 Å². The SMILES string of the molecule is Nc1ccc(C(=O)N/N=C\c2ccc(-n3nc(-c4ccccc4)cc3-c3ccccc3)cc2)cc1. The van der Waals surface area contributed by atoms with Crippen LogP contribution < -0.4 is 11.2 Å². The molecule has 170 valence electrons. The van der Waals surface area contributed by atoms with E-state index in [1.165, 1.54) is 0 Å². The van der Waals surface area contributed by atoms with E-state index in [1.54, 1.807) is 30.5 Å². The summed E-state index contributed by atoms with van der Waals surface area (Å²) in [5, 5.41) is 8.97. The van der Waals surface area contributed by atoms with E-state index in [-0.39, 0.29) is 5.91 Å². The molecule has 0 aliphatic carbocycles. The van der Waals surface area contributed by atoms with Crippen molar-refractivity contribution in [3.05, 3.63) is 126 Å². The van der Waals surface area contributed by atoms with E-state index in [1.807, 2.05) is 65.3 Å². The standard InChI is InChI=1S/C29H23N5O/c30-25-15-13-24(14-16-25)29(35)32-31-20-21-11-17-26(18-12-21)34-28(23-9-5-2-6-10-23)19-27(33-34)22-7-3-1-4-8-22/h1-20H,30H2,(H,32,35)/b31-20-. The van der Waals surface area contributed by atoms with Crippen LogP contribution in [0.3, 0.4) is 0 Å². The normalized spacial score (nSPS) is 11.0. The summed E-state index contributed by atoms with van der Waals surface area (Å²) in [6, 6.07) is 37.0. The highest BCUT2D eigenvalue weighted by Gasteiger charge is 2.13. The molecule has 5 rings (SSSR count). The Labute approximate surface area is 203 Å². The zero-order chi connectivity index (χ0) is 24.0. The molecule has 35 heavy (non-hydrogen) atoms. The van der Waals surface area contributed by atoms with E-state index in [4.69, 9.17) is 10.8 Å². The monoisotopic (exact) mass is 457 g/mol. The van der Waals surface area contributed by atoms with Crippen molar-refractivity contribution >= 4 is 17.8 Å². The van der Waals surface area contributed by atoms with E-state index in [0.717, 1.165) is 33.8 Å². The molecular formula is C29H23N5O. The van der Waals surface area contributed by atoms with E-state index >= 15 is 0 Å². The van der Waals surface area contributed by atoms with Crippen LogP contribution in [-0.2, 0) is 0 Å². The Hall–Kier alpha value is -4.97. The minimum atomic E-state index is -0.296. The molecular weight excluding hydrogens is 434 g/mol. The molecule has 6 nitrogen and oxygen atoms in total. The van der Waals surface area contributed by atoms with Gasteiger partial charge in [0.1, 0.15) is 0 Å². The van der Waals surface area contributed by atoms with Crippen LogP contribution in [0.15, 0.2) is 120 Å². The molecule has 0 aliphatic heterocycles. The number of hydrogen-bond acceptors (Lipinski definition) is 4. The number of nitrogens with two attached hydrogens (primary N) is 1. The Balaban J connectivity index is 1.38. The van der Waals surface area contributed by atoms with Gasteiger partial charge < -0.3 is 5.73 Å². The molecule has 0 radical (unpaired) electrons. The van der Waals surface area contributed by atoms with E-state index in [2.05, 4.69) is 40.9 Å². The first-order valence-corrected chi connectivity index (χ1v) is 11.2. The van der Waals surface area contributed by atoms with Gasteiger partial charge >= 0.3 is 0 Å². The molecule has 5 aromatic rings. The van der Waals surface area contributed by atoms with Gasteiger partial charge in [0, 0.05) is 22.4 Å². The first-order valence-electron chi connectivity index (χ1n) is 11.2. The van der Waals surface area contributed by atoms with Gasteiger partial charge in [0.2, 0.25) is 0 Å². The van der Waals surface area contributed by atoms with Gasteiger partial charge in [-0.1, -0.05) is 72.8 Å². The second-order valence-corrected chi connectivity index (χ2v) is 7.97. The molecule has 0 unspecified atom stereocenters. The first kappa shape index (κ1) is 21.9. The highest BCUT2D eigenvalue weighted by molar-refractivity contribution is 5.95. The number of anilines is 1. The lowest BCUT2D eigenvalue weighted by molar-refractivity contribution is 0.0955. The third-order valence-electron chi connectivity index (χ3n) is 5.54. The van der Waals surface area contributed by atoms with Gasteiger partial charge in [0.05, 0.1) is 23.3 Å². The molecule has 0 aliphatic rings. The average molecular weight is 458 g/mol. The average Bonchev–Trinajstić information content (AvgIpc) is 3.36. The Morgan fingerprint density at radius 2 is 1.43 bits per heavy atom. The summed E-state index contributed by atoms with van der Waals surface area (Å²) < 4.78 is 1.95. The lowest BCUT2D eigenvalue weighted by atomic mass is 10.1. The van der Waals surface area contributed by atoms with E-state index in [0.29, 0.717) is 11.3 Å². The Morgan fingerprint density at radius 3 is 2.09 bits per heavy atom. The minimum Gasteiger partial charge on any atom is -0.399 e. The molecule has 3 N–H and O–H groups in total. The Kier molecular flexibility index (Phi) is 6.17. The fraction of sp³-hybridized carbons (Fsp3) is 0. The van der Waals surface area contributed by atoms with Crippen molar-refractivity contribution in [2.24, 2.45) is 5.10 Å². The van der Waals surface area contributed by atoms with Crippen molar-refractivity contribution in [2.75, 3.05) is 5.73 Å². The number of carbonyl (C=O) groups is 1. The molecule has 0 bridgehead atoms. The van der Waals surface area contributed by atoms with Crippen LogP contribution in [0.1, 0.15) is 15.9 Å². The number of rotatable bonds is 6. The molecule has 0 fully saturated rings. The van der Waals surface area contributed by atoms with Crippen LogP contribution >= 0.6 is 0 Å². The number of amides is 1. The van der Waals surface area contributed by atoms with Gasteiger partial charge in [-0.15, -0.1) is 0 Å². The lowest BCUT2D eigenvalue weighted by Gasteiger charge is -2.08. The van der Waals surface area contributed by atoms with Gasteiger partial charge in [0.15, 0.2) is 0 Å². The maximum absolute atomic E-state index is 12.2. The molecule has 0 saturated heterocycles. The Bertz CT molecular complexity index is 1460. The smallest absolute Gasteiger partial charge is 0.271 e. The van der Waals surface area contributed by atoms with Gasteiger partial charge in [-0.05, 0) is 48.0 Å². The van der Waals surface area contributed by atoms with E-state index in [9.17, 15) is 4.79 Å². The summed E-state index contributed by atoms with van der Waals surface area (Å²) in [5.74, 6) is -0.296. The number of carbonyl (C=O) groups excluding carboxylic acids is 1. The third kappa shape index (κ3) is 5.02. The Morgan fingerprint density at radius 1 is 0.800 bits per heavy atom. The molecule has 0 atom stereocenters.